The van der Waals surface area contributed by atoms with Crippen molar-refractivity contribution in [2.75, 3.05) is 11.9 Å². The standard InChI is InChI=1S/C19H19FN4O2S/c1-3-26-14-10-8-13(9-11-14)21-18(25)12(2)27-19-22-17(23-24-19)15-6-4-5-7-16(15)20/h4-12H,3H2,1-2H3,(H,21,25)(H,22,23,24)/t12-/m0/s1. The lowest BCUT2D eigenvalue weighted by atomic mass is 10.2. The molecule has 3 rings (SSSR count). The molecule has 3 aromatic rings. The molecule has 0 aliphatic rings. The fourth-order valence-corrected chi connectivity index (χ4v) is 3.05. The topological polar surface area (TPSA) is 79.9 Å². The maximum Gasteiger partial charge on any atom is 0.237 e. The minimum Gasteiger partial charge on any atom is -0.494 e. The summed E-state index contributed by atoms with van der Waals surface area (Å²) in [6, 6.07) is 13.5. The highest BCUT2D eigenvalue weighted by Crippen LogP contribution is 2.25. The average molecular weight is 386 g/mol. The van der Waals surface area contributed by atoms with Gasteiger partial charge in [0.25, 0.3) is 0 Å². The number of ether oxygens (including phenoxy) is 1. The SMILES string of the molecule is CCOc1ccc(NC(=O)[C@H](C)Sc2n[nH]c(-c3ccccc3F)n2)cc1. The molecule has 8 heteroatoms. The maximum atomic E-state index is 13.8. The molecule has 0 radical (unpaired) electrons. The summed E-state index contributed by atoms with van der Waals surface area (Å²) in [5.74, 6) is 0.516. The summed E-state index contributed by atoms with van der Waals surface area (Å²) in [5.41, 5.74) is 1.02. The predicted molar refractivity (Wildman–Crippen MR) is 103 cm³/mol. The molecule has 2 aromatic carbocycles. The monoisotopic (exact) mass is 386 g/mol. The van der Waals surface area contributed by atoms with Crippen LogP contribution < -0.4 is 10.1 Å². The van der Waals surface area contributed by atoms with E-state index in [0.29, 0.717) is 28.8 Å². The van der Waals surface area contributed by atoms with Gasteiger partial charge in [-0.25, -0.2) is 9.37 Å². The van der Waals surface area contributed by atoms with Gasteiger partial charge in [-0.1, -0.05) is 23.9 Å². The lowest BCUT2D eigenvalue weighted by Crippen LogP contribution is -2.22. The van der Waals surface area contributed by atoms with Crippen molar-refractivity contribution in [3.63, 3.8) is 0 Å². The molecule has 0 bridgehead atoms. The number of anilines is 1. The number of rotatable bonds is 7. The molecule has 27 heavy (non-hydrogen) atoms. The second kappa shape index (κ2) is 8.68. The molecule has 1 heterocycles. The molecule has 0 aliphatic carbocycles. The quantitative estimate of drug-likeness (QED) is 0.597. The number of carbonyl (C=O) groups excluding carboxylic acids is 1. The molecule has 1 atom stereocenters. The van der Waals surface area contributed by atoms with Gasteiger partial charge in [0.05, 0.1) is 17.4 Å². The van der Waals surface area contributed by atoms with Crippen molar-refractivity contribution in [3.05, 3.63) is 54.3 Å². The van der Waals surface area contributed by atoms with Crippen LogP contribution in [0.3, 0.4) is 0 Å². The van der Waals surface area contributed by atoms with E-state index in [2.05, 4.69) is 20.5 Å². The lowest BCUT2D eigenvalue weighted by molar-refractivity contribution is -0.115. The maximum absolute atomic E-state index is 13.8. The Balaban J connectivity index is 1.61. The summed E-state index contributed by atoms with van der Waals surface area (Å²) in [6.07, 6.45) is 0. The molecule has 0 aliphatic heterocycles. The molecule has 1 amide bonds. The van der Waals surface area contributed by atoms with Gasteiger partial charge in [-0.05, 0) is 50.2 Å². The van der Waals surface area contributed by atoms with E-state index in [1.165, 1.54) is 17.8 Å². The van der Waals surface area contributed by atoms with Crippen LogP contribution in [0.4, 0.5) is 10.1 Å². The van der Waals surface area contributed by atoms with E-state index >= 15 is 0 Å². The Labute approximate surface area is 160 Å². The number of aromatic nitrogens is 3. The molecule has 0 spiro atoms. The number of hydrogen-bond donors (Lipinski definition) is 2. The number of aromatic amines is 1. The third kappa shape index (κ3) is 4.85. The number of H-pyrrole nitrogens is 1. The zero-order valence-electron chi connectivity index (χ0n) is 14.9. The Morgan fingerprint density at radius 3 is 2.70 bits per heavy atom. The van der Waals surface area contributed by atoms with Crippen molar-refractivity contribution in [1.29, 1.82) is 0 Å². The molecular weight excluding hydrogens is 367 g/mol. The largest absolute Gasteiger partial charge is 0.494 e. The van der Waals surface area contributed by atoms with E-state index in [0.717, 1.165) is 5.75 Å². The smallest absolute Gasteiger partial charge is 0.237 e. The van der Waals surface area contributed by atoms with Crippen LogP contribution in [0, 0.1) is 5.82 Å². The van der Waals surface area contributed by atoms with Gasteiger partial charge in [-0.2, -0.15) is 0 Å². The first-order valence-electron chi connectivity index (χ1n) is 8.44. The van der Waals surface area contributed by atoms with E-state index in [9.17, 15) is 9.18 Å². The van der Waals surface area contributed by atoms with Crippen LogP contribution in [-0.2, 0) is 4.79 Å². The highest BCUT2D eigenvalue weighted by Gasteiger charge is 2.18. The van der Waals surface area contributed by atoms with Crippen molar-refractivity contribution in [2.24, 2.45) is 0 Å². The summed E-state index contributed by atoms with van der Waals surface area (Å²) in [7, 11) is 0. The summed E-state index contributed by atoms with van der Waals surface area (Å²) < 4.78 is 19.2. The third-order valence-corrected chi connectivity index (χ3v) is 4.64. The van der Waals surface area contributed by atoms with Crippen LogP contribution in [0.1, 0.15) is 13.8 Å². The van der Waals surface area contributed by atoms with Gasteiger partial charge >= 0.3 is 0 Å². The van der Waals surface area contributed by atoms with Crippen LogP contribution in [0.5, 0.6) is 5.75 Å². The minimum absolute atomic E-state index is 0.179. The first-order chi connectivity index (χ1) is 13.1. The minimum atomic E-state index is -0.430. The Hall–Kier alpha value is -2.87. The van der Waals surface area contributed by atoms with E-state index in [1.54, 1.807) is 49.4 Å². The molecule has 0 unspecified atom stereocenters. The zero-order valence-corrected chi connectivity index (χ0v) is 15.7. The van der Waals surface area contributed by atoms with Crippen LogP contribution in [-0.4, -0.2) is 32.9 Å². The number of nitrogens with zero attached hydrogens (tertiary/aromatic N) is 2. The Bertz CT molecular complexity index is 914. The van der Waals surface area contributed by atoms with Crippen molar-refractivity contribution in [3.8, 4) is 17.1 Å². The number of benzene rings is 2. The van der Waals surface area contributed by atoms with Gasteiger partial charge in [0.2, 0.25) is 11.1 Å². The fraction of sp³-hybridized carbons (Fsp3) is 0.211. The van der Waals surface area contributed by atoms with Crippen molar-refractivity contribution >= 4 is 23.4 Å². The van der Waals surface area contributed by atoms with Gasteiger partial charge in [-0.3, -0.25) is 9.89 Å². The second-order valence-electron chi connectivity index (χ2n) is 5.65. The summed E-state index contributed by atoms with van der Waals surface area (Å²) >= 11 is 1.19. The Kier molecular flexibility index (Phi) is 6.08. The van der Waals surface area contributed by atoms with Crippen molar-refractivity contribution < 1.29 is 13.9 Å². The lowest BCUT2D eigenvalue weighted by Gasteiger charge is -2.10. The highest BCUT2D eigenvalue weighted by molar-refractivity contribution is 8.00. The van der Waals surface area contributed by atoms with Gasteiger partial charge in [0.15, 0.2) is 5.82 Å². The number of carbonyl (C=O) groups is 1. The molecule has 0 saturated carbocycles. The summed E-state index contributed by atoms with van der Waals surface area (Å²) in [5, 5.41) is 9.55. The zero-order chi connectivity index (χ0) is 19.2. The van der Waals surface area contributed by atoms with Gasteiger partial charge in [-0.15, -0.1) is 5.10 Å². The number of hydrogen-bond acceptors (Lipinski definition) is 5. The molecule has 1 aromatic heterocycles. The van der Waals surface area contributed by atoms with Gasteiger partial charge < -0.3 is 10.1 Å². The predicted octanol–water partition coefficient (Wildman–Crippen LogP) is 4.13. The Morgan fingerprint density at radius 1 is 1.26 bits per heavy atom. The van der Waals surface area contributed by atoms with Crippen LogP contribution in [0.15, 0.2) is 53.7 Å². The molecule has 0 saturated heterocycles. The molecule has 6 nitrogen and oxygen atoms in total. The average Bonchev–Trinajstić information content (AvgIpc) is 3.12. The first kappa shape index (κ1) is 18.9. The number of halogens is 1. The number of nitrogens with one attached hydrogen (secondary N) is 2. The van der Waals surface area contributed by atoms with Gasteiger partial charge in [0.1, 0.15) is 11.6 Å². The van der Waals surface area contributed by atoms with E-state index in [-0.39, 0.29) is 11.7 Å². The van der Waals surface area contributed by atoms with E-state index in [1.807, 2.05) is 6.92 Å². The molecule has 0 fully saturated rings. The van der Waals surface area contributed by atoms with Crippen LogP contribution in [0.25, 0.3) is 11.4 Å². The van der Waals surface area contributed by atoms with Crippen LogP contribution in [0.2, 0.25) is 0 Å². The van der Waals surface area contributed by atoms with Crippen LogP contribution >= 0.6 is 11.8 Å². The van der Waals surface area contributed by atoms with E-state index < -0.39 is 5.25 Å². The number of amides is 1. The molecular formula is C19H19FN4O2S. The Morgan fingerprint density at radius 2 is 2.00 bits per heavy atom. The summed E-state index contributed by atoms with van der Waals surface area (Å²) in [4.78, 5) is 16.6. The first-order valence-corrected chi connectivity index (χ1v) is 9.32. The molecule has 2 N–H and O–H groups in total. The van der Waals surface area contributed by atoms with Crippen molar-refractivity contribution in [2.45, 2.75) is 24.3 Å². The van der Waals surface area contributed by atoms with Gasteiger partial charge in [0, 0.05) is 5.69 Å². The normalized spacial score (nSPS) is 11.8. The van der Waals surface area contributed by atoms with Crippen molar-refractivity contribution in [1.82, 2.24) is 15.2 Å². The summed E-state index contributed by atoms with van der Waals surface area (Å²) in [6.45, 7) is 4.26. The second-order valence-corrected chi connectivity index (χ2v) is 6.96. The number of thioether (sulfide) groups is 1. The fourth-order valence-electron chi connectivity index (χ4n) is 2.33. The molecule has 140 valence electrons. The third-order valence-electron chi connectivity index (χ3n) is 3.68. The van der Waals surface area contributed by atoms with E-state index in [4.69, 9.17) is 4.74 Å². The highest BCUT2D eigenvalue weighted by atomic mass is 32.2.